The van der Waals surface area contributed by atoms with Gasteiger partial charge in [0.25, 0.3) is 0 Å². The van der Waals surface area contributed by atoms with Gasteiger partial charge in [-0.05, 0) is 17.9 Å². The number of methoxy groups -OCH3 is 1. The third-order valence-electron chi connectivity index (χ3n) is 4.95. The third kappa shape index (κ3) is 5.18. The Kier molecular flexibility index (Phi) is 7.10. The van der Waals surface area contributed by atoms with Crippen molar-refractivity contribution in [2.75, 3.05) is 13.7 Å². The van der Waals surface area contributed by atoms with Crippen molar-refractivity contribution in [3.05, 3.63) is 65.7 Å². The number of hydrogen-bond donors (Lipinski definition) is 0. The molecular formula is C24H29N3O2S. The third-order valence-corrected chi connectivity index (χ3v) is 6.04. The molecule has 3 aromatic rings. The highest BCUT2D eigenvalue weighted by atomic mass is 32.2. The van der Waals surface area contributed by atoms with Gasteiger partial charge in [-0.3, -0.25) is 9.36 Å². The van der Waals surface area contributed by atoms with Gasteiger partial charge in [0.15, 0.2) is 16.8 Å². The number of aromatic nitrogens is 3. The van der Waals surface area contributed by atoms with Crippen molar-refractivity contribution in [3.63, 3.8) is 0 Å². The number of benzene rings is 2. The van der Waals surface area contributed by atoms with Crippen LogP contribution in [0.3, 0.4) is 0 Å². The summed E-state index contributed by atoms with van der Waals surface area (Å²) in [6, 6.07) is 17.9. The van der Waals surface area contributed by atoms with Crippen molar-refractivity contribution >= 4 is 17.5 Å². The van der Waals surface area contributed by atoms with Crippen molar-refractivity contribution in [2.45, 2.75) is 50.1 Å². The molecule has 1 atom stereocenters. The number of carbonyl (C=O) groups excluding carboxylic acids is 1. The predicted molar refractivity (Wildman–Crippen MR) is 122 cm³/mol. The van der Waals surface area contributed by atoms with Crippen LogP contribution in [0.2, 0.25) is 0 Å². The summed E-state index contributed by atoms with van der Waals surface area (Å²) in [6.45, 7) is 9.58. The first-order valence-corrected chi connectivity index (χ1v) is 11.0. The van der Waals surface area contributed by atoms with Crippen molar-refractivity contribution in [3.8, 4) is 11.4 Å². The lowest BCUT2D eigenvalue weighted by atomic mass is 9.86. The largest absolute Gasteiger partial charge is 0.383 e. The molecule has 1 heterocycles. The number of ether oxygens (including phenoxy) is 1. The maximum absolute atomic E-state index is 13.0. The predicted octanol–water partition coefficient (Wildman–Crippen LogP) is 5.25. The molecule has 0 saturated carbocycles. The smallest absolute Gasteiger partial charge is 0.192 e. The molecule has 1 aromatic heterocycles. The van der Waals surface area contributed by atoms with Crippen LogP contribution in [-0.4, -0.2) is 39.5 Å². The maximum Gasteiger partial charge on any atom is 0.192 e. The summed E-state index contributed by atoms with van der Waals surface area (Å²) in [5.74, 6) is 0.868. The molecule has 0 radical (unpaired) electrons. The molecule has 3 rings (SSSR count). The lowest BCUT2D eigenvalue weighted by Crippen LogP contribution is -2.16. The standard InChI is InChI=1S/C24H29N3O2S/c1-17(21(28)18-11-13-20(14-12-18)24(2,3)4)30-23-26-25-22(27(23)15-16-29-5)19-9-7-6-8-10-19/h6-14,17H,15-16H2,1-5H3/t17-/m1/s1. The molecule has 5 nitrogen and oxygen atoms in total. The van der Waals surface area contributed by atoms with Crippen LogP contribution >= 0.6 is 11.8 Å². The van der Waals surface area contributed by atoms with Crippen LogP contribution in [0.25, 0.3) is 11.4 Å². The topological polar surface area (TPSA) is 57.0 Å². The molecule has 0 spiro atoms. The van der Waals surface area contributed by atoms with E-state index in [-0.39, 0.29) is 16.4 Å². The van der Waals surface area contributed by atoms with Gasteiger partial charge in [-0.2, -0.15) is 0 Å². The summed E-state index contributed by atoms with van der Waals surface area (Å²) in [6.07, 6.45) is 0. The summed E-state index contributed by atoms with van der Waals surface area (Å²) in [7, 11) is 1.67. The summed E-state index contributed by atoms with van der Waals surface area (Å²) in [4.78, 5) is 13.0. The number of ketones is 1. The van der Waals surface area contributed by atoms with Crippen LogP contribution < -0.4 is 0 Å². The minimum absolute atomic E-state index is 0.0630. The molecule has 6 heteroatoms. The van der Waals surface area contributed by atoms with E-state index in [0.717, 1.165) is 16.5 Å². The highest BCUT2D eigenvalue weighted by molar-refractivity contribution is 8.00. The maximum atomic E-state index is 13.0. The van der Waals surface area contributed by atoms with Crippen molar-refractivity contribution in [1.29, 1.82) is 0 Å². The molecule has 0 saturated heterocycles. The number of hydrogen-bond acceptors (Lipinski definition) is 5. The molecule has 0 N–H and O–H groups in total. The summed E-state index contributed by atoms with van der Waals surface area (Å²) >= 11 is 1.43. The van der Waals surface area contributed by atoms with E-state index >= 15 is 0 Å². The molecule has 2 aromatic carbocycles. The number of thioether (sulfide) groups is 1. The molecule has 158 valence electrons. The van der Waals surface area contributed by atoms with E-state index in [1.807, 2.05) is 66.1 Å². The quantitative estimate of drug-likeness (QED) is 0.366. The van der Waals surface area contributed by atoms with E-state index in [2.05, 4.69) is 31.0 Å². The number of rotatable bonds is 8. The van der Waals surface area contributed by atoms with Gasteiger partial charge in [-0.1, -0.05) is 87.1 Å². The Morgan fingerprint density at radius 2 is 1.73 bits per heavy atom. The molecule has 0 unspecified atom stereocenters. The van der Waals surface area contributed by atoms with Gasteiger partial charge in [0, 0.05) is 18.2 Å². The number of nitrogens with zero attached hydrogens (tertiary/aromatic N) is 3. The minimum Gasteiger partial charge on any atom is -0.383 e. The molecule has 30 heavy (non-hydrogen) atoms. The molecule has 0 amide bonds. The molecule has 0 fully saturated rings. The monoisotopic (exact) mass is 423 g/mol. The zero-order valence-corrected chi connectivity index (χ0v) is 19.1. The van der Waals surface area contributed by atoms with Crippen LogP contribution in [0.4, 0.5) is 0 Å². The normalized spacial score (nSPS) is 12.7. The van der Waals surface area contributed by atoms with Gasteiger partial charge in [0.05, 0.1) is 18.4 Å². The zero-order chi connectivity index (χ0) is 21.7. The number of Topliss-reactive ketones (excluding diaryl/α,β-unsaturated/α-hetero) is 1. The average molecular weight is 424 g/mol. The zero-order valence-electron chi connectivity index (χ0n) is 18.3. The first-order valence-electron chi connectivity index (χ1n) is 10.1. The first-order chi connectivity index (χ1) is 14.3. The summed E-state index contributed by atoms with van der Waals surface area (Å²) in [5, 5.41) is 9.21. The molecule has 0 aliphatic heterocycles. The second-order valence-electron chi connectivity index (χ2n) is 8.27. The second-order valence-corrected chi connectivity index (χ2v) is 9.58. The average Bonchev–Trinajstić information content (AvgIpc) is 3.14. The van der Waals surface area contributed by atoms with Crippen LogP contribution in [0.5, 0.6) is 0 Å². The Hall–Kier alpha value is -2.44. The van der Waals surface area contributed by atoms with Gasteiger partial charge in [-0.25, -0.2) is 0 Å². The highest BCUT2D eigenvalue weighted by Gasteiger charge is 2.22. The van der Waals surface area contributed by atoms with Crippen molar-refractivity contribution in [1.82, 2.24) is 14.8 Å². The van der Waals surface area contributed by atoms with Crippen LogP contribution in [0.15, 0.2) is 59.8 Å². The number of carbonyl (C=O) groups is 1. The van der Waals surface area contributed by atoms with Gasteiger partial charge in [0.1, 0.15) is 0 Å². The molecule has 0 aliphatic rings. The van der Waals surface area contributed by atoms with Crippen molar-refractivity contribution < 1.29 is 9.53 Å². The fraction of sp³-hybridized carbons (Fsp3) is 0.375. The van der Waals surface area contributed by atoms with Crippen LogP contribution in [0.1, 0.15) is 43.6 Å². The van der Waals surface area contributed by atoms with Crippen LogP contribution in [-0.2, 0) is 16.7 Å². The van der Waals surface area contributed by atoms with E-state index in [1.165, 1.54) is 17.3 Å². The van der Waals surface area contributed by atoms with E-state index in [9.17, 15) is 4.79 Å². The van der Waals surface area contributed by atoms with E-state index < -0.39 is 0 Å². The second kappa shape index (κ2) is 9.58. The van der Waals surface area contributed by atoms with Crippen LogP contribution in [0, 0.1) is 0 Å². The SMILES string of the molecule is COCCn1c(S[C@H](C)C(=O)c2ccc(C(C)(C)C)cc2)nnc1-c1ccccc1. The van der Waals surface area contributed by atoms with Gasteiger partial charge >= 0.3 is 0 Å². The Bertz CT molecular complexity index is 976. The van der Waals surface area contributed by atoms with Gasteiger partial charge in [-0.15, -0.1) is 10.2 Å². The Morgan fingerprint density at radius 3 is 2.33 bits per heavy atom. The molecule has 0 bridgehead atoms. The Balaban J connectivity index is 1.81. The molecule has 0 aliphatic carbocycles. The van der Waals surface area contributed by atoms with Crippen molar-refractivity contribution in [2.24, 2.45) is 0 Å². The minimum atomic E-state index is -0.278. The first kappa shape index (κ1) is 22.2. The van der Waals surface area contributed by atoms with Gasteiger partial charge in [0.2, 0.25) is 0 Å². The lowest BCUT2D eigenvalue weighted by molar-refractivity contribution is 0.0993. The lowest BCUT2D eigenvalue weighted by Gasteiger charge is -2.19. The fourth-order valence-electron chi connectivity index (χ4n) is 3.14. The van der Waals surface area contributed by atoms with Gasteiger partial charge < -0.3 is 4.74 Å². The van der Waals surface area contributed by atoms with E-state index in [4.69, 9.17) is 4.74 Å². The van der Waals surface area contributed by atoms with E-state index in [0.29, 0.717) is 18.7 Å². The molecular weight excluding hydrogens is 394 g/mol. The summed E-state index contributed by atoms with van der Waals surface area (Å²) in [5.41, 5.74) is 2.98. The Labute approximate surface area is 182 Å². The highest BCUT2D eigenvalue weighted by Crippen LogP contribution is 2.29. The Morgan fingerprint density at radius 1 is 1.07 bits per heavy atom. The fourth-order valence-corrected chi connectivity index (χ4v) is 4.09. The summed E-state index contributed by atoms with van der Waals surface area (Å²) < 4.78 is 7.29. The van der Waals surface area contributed by atoms with E-state index in [1.54, 1.807) is 7.11 Å².